The summed E-state index contributed by atoms with van der Waals surface area (Å²) in [5.41, 5.74) is 1.51. The van der Waals surface area contributed by atoms with Gasteiger partial charge in [-0.1, -0.05) is 18.3 Å². The lowest BCUT2D eigenvalue weighted by atomic mass is 10.1. The summed E-state index contributed by atoms with van der Waals surface area (Å²) in [6, 6.07) is 5.40. The quantitative estimate of drug-likeness (QED) is 0.778. The highest BCUT2D eigenvalue weighted by Crippen LogP contribution is 2.28. The summed E-state index contributed by atoms with van der Waals surface area (Å²) < 4.78 is 25.6. The highest BCUT2D eigenvalue weighted by atomic mass is 32.1. The normalized spacial score (nSPS) is 22.7. The van der Waals surface area contributed by atoms with Gasteiger partial charge in [0.2, 0.25) is 0 Å². The first-order chi connectivity index (χ1) is 10.6. The van der Waals surface area contributed by atoms with E-state index in [1.54, 1.807) is 6.07 Å². The number of anilines is 1. The van der Waals surface area contributed by atoms with Crippen molar-refractivity contribution >= 4 is 22.9 Å². The average Bonchev–Trinajstić information content (AvgIpc) is 2.55. The Morgan fingerprint density at radius 2 is 2.00 bits per heavy atom. The van der Waals surface area contributed by atoms with Crippen LogP contribution in [0.3, 0.4) is 0 Å². The molecule has 3 rings (SSSR count). The van der Waals surface area contributed by atoms with E-state index in [4.69, 9.17) is 21.7 Å². The molecule has 0 saturated carbocycles. The molecule has 6 heteroatoms. The van der Waals surface area contributed by atoms with Crippen LogP contribution in [0, 0.1) is 5.82 Å². The second-order valence-electron chi connectivity index (χ2n) is 5.63. The third-order valence-corrected chi connectivity index (χ3v) is 4.47. The minimum atomic E-state index is -0.195. The van der Waals surface area contributed by atoms with Crippen LogP contribution in [0.5, 0.6) is 0 Å². The number of ether oxygens (including phenoxy) is 2. The summed E-state index contributed by atoms with van der Waals surface area (Å²) in [6.45, 7) is 6.78. The van der Waals surface area contributed by atoms with Crippen molar-refractivity contribution in [2.75, 3.05) is 50.9 Å². The van der Waals surface area contributed by atoms with Crippen LogP contribution < -0.4 is 4.90 Å². The molecule has 2 fully saturated rings. The third kappa shape index (κ3) is 3.39. The molecule has 4 nitrogen and oxygen atoms in total. The first kappa shape index (κ1) is 15.6. The maximum absolute atomic E-state index is 14.5. The van der Waals surface area contributed by atoms with Crippen molar-refractivity contribution in [1.29, 1.82) is 0 Å². The Hall–Kier alpha value is -1.24. The van der Waals surface area contributed by atoms with Gasteiger partial charge >= 0.3 is 0 Å². The summed E-state index contributed by atoms with van der Waals surface area (Å²) in [7, 11) is 0. The van der Waals surface area contributed by atoms with Crippen LogP contribution >= 0.6 is 12.2 Å². The van der Waals surface area contributed by atoms with Gasteiger partial charge < -0.3 is 19.3 Å². The molecule has 1 atom stereocenters. The van der Waals surface area contributed by atoms with Crippen LogP contribution in [0.1, 0.15) is 18.6 Å². The van der Waals surface area contributed by atoms with Crippen LogP contribution in [-0.2, 0) is 9.47 Å². The molecule has 1 aromatic carbocycles. The van der Waals surface area contributed by atoms with E-state index in [9.17, 15) is 4.39 Å². The van der Waals surface area contributed by atoms with Gasteiger partial charge in [-0.2, -0.15) is 0 Å². The van der Waals surface area contributed by atoms with Gasteiger partial charge in [-0.15, -0.1) is 0 Å². The van der Waals surface area contributed by atoms with Crippen molar-refractivity contribution < 1.29 is 13.9 Å². The number of halogens is 1. The highest BCUT2D eigenvalue weighted by molar-refractivity contribution is 7.80. The second kappa shape index (κ2) is 6.89. The smallest absolute Gasteiger partial charge is 0.146 e. The SMILES string of the molecule is CC(=S)N1CCOC(c2ccc(N3CCOCC3)c(F)c2)C1. The van der Waals surface area contributed by atoms with Gasteiger partial charge in [-0.3, -0.25) is 0 Å². The number of rotatable bonds is 2. The lowest BCUT2D eigenvalue weighted by Gasteiger charge is -2.34. The monoisotopic (exact) mass is 324 g/mol. The first-order valence-electron chi connectivity index (χ1n) is 7.64. The Kier molecular flexibility index (Phi) is 4.90. The molecule has 2 saturated heterocycles. The standard InChI is InChI=1S/C16H21FN2O2S/c1-12(22)19-6-9-21-16(11-19)13-2-3-15(14(17)10-13)18-4-7-20-8-5-18/h2-3,10,16H,4-9,11H2,1H3. The van der Waals surface area contributed by atoms with Gasteiger partial charge in [-0.25, -0.2) is 4.39 Å². The van der Waals surface area contributed by atoms with E-state index >= 15 is 0 Å². The minimum absolute atomic E-state index is 0.125. The Balaban J connectivity index is 1.75. The Morgan fingerprint density at radius 3 is 2.68 bits per heavy atom. The number of benzene rings is 1. The zero-order chi connectivity index (χ0) is 15.5. The van der Waals surface area contributed by atoms with E-state index < -0.39 is 0 Å². The van der Waals surface area contributed by atoms with Crippen LogP contribution in [-0.4, -0.2) is 55.9 Å². The average molecular weight is 324 g/mol. The summed E-state index contributed by atoms with van der Waals surface area (Å²) in [5, 5.41) is 0. The van der Waals surface area contributed by atoms with Crippen LogP contribution in [0.25, 0.3) is 0 Å². The predicted molar refractivity (Wildman–Crippen MR) is 88.0 cm³/mol. The van der Waals surface area contributed by atoms with Crippen molar-refractivity contribution in [3.8, 4) is 0 Å². The topological polar surface area (TPSA) is 24.9 Å². The second-order valence-corrected chi connectivity index (χ2v) is 6.23. The van der Waals surface area contributed by atoms with E-state index in [2.05, 4.69) is 4.90 Å². The van der Waals surface area contributed by atoms with Crippen LogP contribution in [0.15, 0.2) is 18.2 Å². The Labute approximate surface area is 135 Å². The van der Waals surface area contributed by atoms with Crippen molar-refractivity contribution in [3.05, 3.63) is 29.6 Å². The van der Waals surface area contributed by atoms with Gasteiger partial charge in [0.25, 0.3) is 0 Å². The molecule has 1 unspecified atom stereocenters. The maximum atomic E-state index is 14.5. The lowest BCUT2D eigenvalue weighted by molar-refractivity contribution is -0.00642. The number of morpholine rings is 2. The maximum Gasteiger partial charge on any atom is 0.146 e. The number of hydrogen-bond acceptors (Lipinski definition) is 4. The molecular formula is C16H21FN2O2S. The molecule has 22 heavy (non-hydrogen) atoms. The summed E-state index contributed by atoms with van der Waals surface area (Å²) >= 11 is 5.23. The molecule has 0 N–H and O–H groups in total. The van der Waals surface area contributed by atoms with E-state index in [1.165, 1.54) is 0 Å². The fraction of sp³-hybridized carbons (Fsp3) is 0.562. The largest absolute Gasteiger partial charge is 0.378 e. The molecule has 2 heterocycles. The molecule has 0 aromatic heterocycles. The van der Waals surface area contributed by atoms with E-state index in [0.717, 1.165) is 30.2 Å². The lowest BCUT2D eigenvalue weighted by Crippen LogP contribution is -2.40. The van der Waals surface area contributed by atoms with E-state index in [0.29, 0.717) is 32.1 Å². The van der Waals surface area contributed by atoms with Crippen LogP contribution in [0.2, 0.25) is 0 Å². The van der Waals surface area contributed by atoms with E-state index in [1.807, 2.05) is 24.0 Å². The molecular weight excluding hydrogens is 303 g/mol. The molecule has 120 valence electrons. The molecule has 2 aliphatic rings. The molecule has 0 amide bonds. The van der Waals surface area contributed by atoms with Gasteiger partial charge in [0.05, 0.1) is 30.5 Å². The number of thiocarbonyl (C=S) groups is 1. The van der Waals surface area contributed by atoms with Gasteiger partial charge in [-0.05, 0) is 24.6 Å². The highest BCUT2D eigenvalue weighted by Gasteiger charge is 2.24. The minimum Gasteiger partial charge on any atom is -0.378 e. The third-order valence-electron chi connectivity index (χ3n) is 4.21. The molecule has 0 spiro atoms. The number of nitrogens with zero attached hydrogens (tertiary/aromatic N) is 2. The molecule has 0 bridgehead atoms. The zero-order valence-corrected chi connectivity index (χ0v) is 13.6. The van der Waals surface area contributed by atoms with E-state index in [-0.39, 0.29) is 11.9 Å². The molecule has 0 radical (unpaired) electrons. The molecule has 1 aromatic rings. The van der Waals surface area contributed by atoms with Gasteiger partial charge in [0.15, 0.2) is 0 Å². The van der Waals surface area contributed by atoms with Gasteiger partial charge in [0, 0.05) is 26.2 Å². The Morgan fingerprint density at radius 1 is 1.23 bits per heavy atom. The van der Waals surface area contributed by atoms with Crippen molar-refractivity contribution in [1.82, 2.24) is 4.90 Å². The summed E-state index contributed by atoms with van der Waals surface area (Å²) in [5.74, 6) is -0.195. The summed E-state index contributed by atoms with van der Waals surface area (Å²) in [4.78, 5) is 4.99. The fourth-order valence-corrected chi connectivity index (χ4v) is 3.09. The Bertz CT molecular complexity index is 549. The van der Waals surface area contributed by atoms with Crippen molar-refractivity contribution in [2.24, 2.45) is 0 Å². The van der Waals surface area contributed by atoms with Crippen molar-refractivity contribution in [2.45, 2.75) is 13.0 Å². The van der Waals surface area contributed by atoms with Crippen molar-refractivity contribution in [3.63, 3.8) is 0 Å². The molecule has 0 aliphatic carbocycles. The fourth-order valence-electron chi connectivity index (χ4n) is 2.92. The summed E-state index contributed by atoms with van der Waals surface area (Å²) in [6.07, 6.45) is -0.125. The van der Waals surface area contributed by atoms with Gasteiger partial charge in [0.1, 0.15) is 11.9 Å². The predicted octanol–water partition coefficient (Wildman–Crippen LogP) is 2.38. The first-order valence-corrected chi connectivity index (χ1v) is 8.05. The molecule has 2 aliphatic heterocycles. The zero-order valence-electron chi connectivity index (χ0n) is 12.8. The number of hydrogen-bond donors (Lipinski definition) is 0. The van der Waals surface area contributed by atoms with Crippen LogP contribution in [0.4, 0.5) is 10.1 Å².